The van der Waals surface area contributed by atoms with E-state index in [2.05, 4.69) is 0 Å². The molecule has 1 aromatic rings. The highest BCUT2D eigenvalue weighted by atomic mass is 32.2. The molecular weight excluding hydrogens is 284 g/mol. The van der Waals surface area contributed by atoms with E-state index in [-0.39, 0.29) is 23.2 Å². The van der Waals surface area contributed by atoms with Crippen LogP contribution in [0.2, 0.25) is 0 Å². The van der Waals surface area contributed by atoms with Crippen molar-refractivity contribution in [3.8, 4) is 0 Å². The van der Waals surface area contributed by atoms with Crippen LogP contribution in [-0.2, 0) is 28.5 Å². The van der Waals surface area contributed by atoms with Gasteiger partial charge in [-0.1, -0.05) is 17.7 Å². The summed E-state index contributed by atoms with van der Waals surface area (Å²) in [7, 11) is -3.85. The summed E-state index contributed by atoms with van der Waals surface area (Å²) in [5.74, 6) is 0. The summed E-state index contributed by atoms with van der Waals surface area (Å²) in [5, 5.41) is 0. The Bertz CT molecular complexity index is 625. The highest BCUT2D eigenvalue weighted by Crippen LogP contribution is 2.43. The topological polar surface area (TPSA) is 74.4 Å². The van der Waals surface area contributed by atoms with Crippen LogP contribution in [-0.4, -0.2) is 45.7 Å². The molecule has 3 fully saturated rings. The zero-order chi connectivity index (χ0) is 13.9. The van der Waals surface area contributed by atoms with Crippen molar-refractivity contribution in [2.45, 2.75) is 42.5 Å². The number of hydrogen-bond acceptors (Lipinski definition) is 6. The predicted molar refractivity (Wildman–Crippen MR) is 66.5 cm³/mol. The zero-order valence-electron chi connectivity index (χ0n) is 10.8. The minimum absolute atomic E-state index is 0.0908. The van der Waals surface area contributed by atoms with Gasteiger partial charge in [0.15, 0.2) is 12.4 Å². The van der Waals surface area contributed by atoms with Gasteiger partial charge in [-0.05, 0) is 19.1 Å². The molecule has 3 aliphatic rings. The van der Waals surface area contributed by atoms with Crippen LogP contribution in [0.4, 0.5) is 0 Å². The number of benzene rings is 1. The Morgan fingerprint density at radius 2 is 1.90 bits per heavy atom. The first-order valence-corrected chi connectivity index (χ1v) is 7.88. The largest absolute Gasteiger partial charge is 0.364 e. The van der Waals surface area contributed by atoms with E-state index in [1.165, 1.54) is 12.1 Å². The Balaban J connectivity index is 1.57. The molecule has 4 rings (SSSR count). The summed E-state index contributed by atoms with van der Waals surface area (Å²) in [6.45, 7) is 2.32. The molecule has 0 unspecified atom stereocenters. The van der Waals surface area contributed by atoms with E-state index in [0.29, 0.717) is 6.61 Å². The van der Waals surface area contributed by atoms with E-state index in [0.717, 1.165) is 5.56 Å². The fourth-order valence-electron chi connectivity index (χ4n) is 2.65. The van der Waals surface area contributed by atoms with E-state index in [9.17, 15) is 8.42 Å². The number of fused-ring (bicyclic) bond motifs is 4. The molecule has 6 nitrogen and oxygen atoms in total. The van der Waals surface area contributed by atoms with E-state index in [4.69, 9.17) is 18.4 Å². The molecule has 0 spiro atoms. The molecule has 0 radical (unpaired) electrons. The van der Waals surface area contributed by atoms with Gasteiger partial charge >= 0.3 is 0 Å². The van der Waals surface area contributed by atoms with Gasteiger partial charge in [0.25, 0.3) is 10.1 Å². The average molecular weight is 298 g/mol. The van der Waals surface area contributed by atoms with Crippen LogP contribution in [0, 0.1) is 6.92 Å². The van der Waals surface area contributed by atoms with E-state index in [1.54, 1.807) is 12.1 Å². The molecule has 7 heteroatoms. The van der Waals surface area contributed by atoms with Gasteiger partial charge in [-0.2, -0.15) is 8.42 Å². The van der Waals surface area contributed by atoms with Crippen molar-refractivity contribution >= 4 is 10.1 Å². The SMILES string of the molecule is Cc1ccc(S(=O)(=O)O[C@H]2[C@@H]3OC[C@@H](O3)[C@H]3O[C@@H]23)cc1. The molecular formula is C13H14O6S. The Hall–Kier alpha value is -0.990. The van der Waals surface area contributed by atoms with Crippen LogP contribution in [0.1, 0.15) is 5.56 Å². The molecule has 0 aromatic heterocycles. The first-order valence-electron chi connectivity index (χ1n) is 6.47. The number of aryl methyl sites for hydroxylation is 1. The molecule has 2 bridgehead atoms. The van der Waals surface area contributed by atoms with Crippen LogP contribution < -0.4 is 0 Å². The minimum atomic E-state index is -3.85. The molecule has 1 aromatic carbocycles. The van der Waals surface area contributed by atoms with Crippen molar-refractivity contribution in [3.63, 3.8) is 0 Å². The van der Waals surface area contributed by atoms with E-state index >= 15 is 0 Å². The van der Waals surface area contributed by atoms with Gasteiger partial charge in [-0.25, -0.2) is 0 Å². The summed E-state index contributed by atoms with van der Waals surface area (Å²) < 4.78 is 46.2. The Labute approximate surface area is 116 Å². The highest BCUT2D eigenvalue weighted by Gasteiger charge is 2.63. The molecule has 108 valence electrons. The lowest BCUT2D eigenvalue weighted by molar-refractivity contribution is -0.133. The van der Waals surface area contributed by atoms with Crippen molar-refractivity contribution in [1.29, 1.82) is 0 Å². The van der Waals surface area contributed by atoms with Crippen molar-refractivity contribution in [1.82, 2.24) is 0 Å². The Morgan fingerprint density at radius 3 is 2.65 bits per heavy atom. The zero-order valence-corrected chi connectivity index (χ0v) is 11.6. The lowest BCUT2D eigenvalue weighted by Crippen LogP contribution is -2.42. The third kappa shape index (κ3) is 1.97. The van der Waals surface area contributed by atoms with Gasteiger partial charge in [0, 0.05) is 0 Å². The van der Waals surface area contributed by atoms with Crippen molar-refractivity contribution in [2.24, 2.45) is 0 Å². The fraction of sp³-hybridized carbons (Fsp3) is 0.538. The smallest absolute Gasteiger partial charge is 0.297 e. The molecule has 0 amide bonds. The highest BCUT2D eigenvalue weighted by molar-refractivity contribution is 7.86. The maximum atomic E-state index is 12.3. The van der Waals surface area contributed by atoms with Crippen LogP contribution in [0.5, 0.6) is 0 Å². The summed E-state index contributed by atoms with van der Waals surface area (Å²) in [6, 6.07) is 6.51. The van der Waals surface area contributed by atoms with Crippen LogP contribution in [0.25, 0.3) is 0 Å². The first kappa shape index (κ1) is 12.7. The number of hydrogen-bond donors (Lipinski definition) is 0. The second-order valence-corrected chi connectivity index (χ2v) is 6.84. The normalized spacial score (nSPS) is 38.5. The molecule has 3 aliphatic heterocycles. The third-order valence-corrected chi connectivity index (χ3v) is 5.13. The van der Waals surface area contributed by atoms with E-state index < -0.39 is 22.5 Å². The molecule has 3 heterocycles. The molecule has 5 atom stereocenters. The summed E-state index contributed by atoms with van der Waals surface area (Å²) >= 11 is 0. The second kappa shape index (κ2) is 4.25. The first-order chi connectivity index (χ1) is 9.54. The minimum Gasteiger partial charge on any atom is -0.364 e. The van der Waals surface area contributed by atoms with Gasteiger partial charge in [0.05, 0.1) is 11.5 Å². The third-order valence-electron chi connectivity index (χ3n) is 3.80. The lowest BCUT2D eigenvalue weighted by atomic mass is 10.1. The summed E-state index contributed by atoms with van der Waals surface area (Å²) in [6.07, 6.45) is -1.84. The Morgan fingerprint density at radius 1 is 1.15 bits per heavy atom. The van der Waals surface area contributed by atoms with Gasteiger partial charge in [0.2, 0.25) is 0 Å². The molecule has 3 saturated heterocycles. The van der Waals surface area contributed by atoms with Gasteiger partial charge in [-0.3, -0.25) is 4.18 Å². The van der Waals surface area contributed by atoms with Crippen molar-refractivity contribution in [2.75, 3.05) is 6.61 Å². The lowest BCUT2D eigenvalue weighted by Gasteiger charge is -2.23. The number of ether oxygens (including phenoxy) is 3. The van der Waals surface area contributed by atoms with Crippen LogP contribution >= 0.6 is 0 Å². The fourth-order valence-corrected chi connectivity index (χ4v) is 3.72. The predicted octanol–water partition coefficient (Wildman–Crippen LogP) is 0.591. The molecule has 0 saturated carbocycles. The average Bonchev–Trinajstić information content (AvgIpc) is 3.09. The van der Waals surface area contributed by atoms with E-state index in [1.807, 2.05) is 6.92 Å². The quantitative estimate of drug-likeness (QED) is 0.600. The summed E-state index contributed by atoms with van der Waals surface area (Å²) in [4.78, 5) is 0.125. The van der Waals surface area contributed by atoms with Crippen molar-refractivity contribution < 1.29 is 26.8 Å². The monoisotopic (exact) mass is 298 g/mol. The van der Waals surface area contributed by atoms with Crippen molar-refractivity contribution in [3.05, 3.63) is 29.8 Å². The maximum Gasteiger partial charge on any atom is 0.297 e. The van der Waals surface area contributed by atoms with Crippen LogP contribution in [0.15, 0.2) is 29.2 Å². The second-order valence-electron chi connectivity index (χ2n) is 5.27. The standard InChI is InChI=1S/C13H14O6S/c1-7-2-4-8(5-3-7)20(14,15)19-12-11-10(18-11)9-6-16-13(12)17-9/h2-5,9-13H,6H2,1H3/t9-,10-,11-,12-,13-/m1/s1. The molecule has 0 aliphatic carbocycles. The van der Waals surface area contributed by atoms with Gasteiger partial charge in [0.1, 0.15) is 18.3 Å². The number of rotatable bonds is 3. The maximum absolute atomic E-state index is 12.3. The van der Waals surface area contributed by atoms with Gasteiger partial charge in [-0.15, -0.1) is 0 Å². The Kier molecular flexibility index (Phi) is 2.71. The molecule has 20 heavy (non-hydrogen) atoms. The summed E-state index contributed by atoms with van der Waals surface area (Å²) in [5.41, 5.74) is 0.984. The van der Waals surface area contributed by atoms with Crippen LogP contribution in [0.3, 0.4) is 0 Å². The number of epoxide rings is 1. The molecule has 0 N–H and O–H groups in total. The van der Waals surface area contributed by atoms with Gasteiger partial charge < -0.3 is 14.2 Å².